The minimum atomic E-state index is 0.560. The van der Waals surface area contributed by atoms with Gasteiger partial charge in [-0.2, -0.15) is 0 Å². The lowest BCUT2D eigenvalue weighted by Gasteiger charge is -1.76. The van der Waals surface area contributed by atoms with Crippen molar-refractivity contribution in [3.63, 3.8) is 0 Å². The lowest BCUT2D eigenvalue weighted by Crippen LogP contribution is -1.81. The second kappa shape index (κ2) is 0.945. The Balaban J connectivity index is 2.38. The van der Waals surface area contributed by atoms with Gasteiger partial charge in [0.1, 0.15) is 0 Å². The van der Waals surface area contributed by atoms with Crippen LogP contribution in [0.5, 0.6) is 0 Å². The van der Waals surface area contributed by atoms with E-state index in [1.165, 1.54) is 0 Å². The van der Waals surface area contributed by atoms with Gasteiger partial charge >= 0.3 is 0 Å². The SMILES string of the molecule is [C+]1C2C=CC1C=C2. The summed E-state index contributed by atoms with van der Waals surface area (Å²) >= 11 is 0. The summed E-state index contributed by atoms with van der Waals surface area (Å²) in [5.74, 6) is 1.12. The van der Waals surface area contributed by atoms with Crippen LogP contribution in [0.4, 0.5) is 0 Å². The highest BCUT2D eigenvalue weighted by Gasteiger charge is 2.36. The third-order valence-electron chi connectivity index (χ3n) is 1.44. The molecule has 0 saturated carbocycles. The van der Waals surface area contributed by atoms with Gasteiger partial charge in [0.05, 0.1) is 0 Å². The minimum absolute atomic E-state index is 0.560. The van der Waals surface area contributed by atoms with Gasteiger partial charge in [-0.1, -0.05) is 0 Å². The maximum Gasteiger partial charge on any atom is 0.296 e. The van der Waals surface area contributed by atoms with Crippen LogP contribution in [0, 0.1) is 18.3 Å². The highest BCUT2D eigenvalue weighted by molar-refractivity contribution is 5.29. The predicted molar refractivity (Wildman–Crippen MR) is 28.5 cm³/mol. The Labute approximate surface area is 43.5 Å². The van der Waals surface area contributed by atoms with Crippen LogP contribution in [0.25, 0.3) is 0 Å². The zero-order chi connectivity index (χ0) is 4.69. The van der Waals surface area contributed by atoms with Crippen LogP contribution in [-0.4, -0.2) is 0 Å². The summed E-state index contributed by atoms with van der Waals surface area (Å²) < 4.78 is 0. The van der Waals surface area contributed by atoms with E-state index in [2.05, 4.69) is 30.7 Å². The fourth-order valence-electron chi connectivity index (χ4n) is 1.05. The Morgan fingerprint density at radius 3 is 1.43 bits per heavy atom. The highest BCUT2D eigenvalue weighted by Crippen LogP contribution is 2.30. The van der Waals surface area contributed by atoms with Crippen molar-refractivity contribution in [2.24, 2.45) is 11.8 Å². The van der Waals surface area contributed by atoms with Gasteiger partial charge in [-0.15, -0.1) is 0 Å². The molecular weight excluding hydrogens is 84.1 g/mol. The van der Waals surface area contributed by atoms with Crippen LogP contribution in [-0.2, 0) is 0 Å². The van der Waals surface area contributed by atoms with Gasteiger partial charge < -0.3 is 0 Å². The number of hydrogen-bond donors (Lipinski definition) is 0. The van der Waals surface area contributed by atoms with E-state index in [-0.39, 0.29) is 0 Å². The van der Waals surface area contributed by atoms with Crippen molar-refractivity contribution in [3.8, 4) is 0 Å². The van der Waals surface area contributed by atoms with Crippen molar-refractivity contribution in [1.29, 1.82) is 0 Å². The molecule has 0 spiro atoms. The summed E-state index contributed by atoms with van der Waals surface area (Å²) in [6.45, 7) is 0. The molecule has 0 amide bonds. The van der Waals surface area contributed by atoms with Crippen LogP contribution in [0.15, 0.2) is 24.3 Å². The zero-order valence-electron chi connectivity index (χ0n) is 3.96. The van der Waals surface area contributed by atoms with E-state index in [1.807, 2.05) is 0 Å². The molecule has 2 bridgehead atoms. The van der Waals surface area contributed by atoms with Crippen molar-refractivity contribution < 1.29 is 0 Å². The van der Waals surface area contributed by atoms with Crippen LogP contribution in [0.3, 0.4) is 0 Å². The Morgan fingerprint density at radius 1 is 0.857 bits per heavy atom. The molecule has 2 aliphatic carbocycles. The fraction of sp³-hybridized carbons (Fsp3) is 0.286. The number of hydrogen-bond acceptors (Lipinski definition) is 0. The first kappa shape index (κ1) is 3.36. The summed E-state index contributed by atoms with van der Waals surface area (Å²) in [6.07, 6.45) is 12.0. The van der Waals surface area contributed by atoms with Crippen LogP contribution >= 0.6 is 0 Å². The molecule has 1 radical (unpaired) electrons. The normalized spacial score (nSPS) is 42.3. The minimum Gasteiger partial charge on any atom is -0.0274 e. The van der Waals surface area contributed by atoms with E-state index >= 15 is 0 Å². The molecule has 0 atom stereocenters. The standard InChI is InChI=1S/C7H6/c1-2-7-4-3-6(1)5-7/h1-4,6-7H/q+1. The molecule has 0 saturated heterocycles. The van der Waals surface area contributed by atoms with Crippen LogP contribution < -0.4 is 0 Å². The summed E-state index contributed by atoms with van der Waals surface area (Å²) in [5, 5.41) is 0. The lowest BCUT2D eigenvalue weighted by molar-refractivity contribution is 0.950. The van der Waals surface area contributed by atoms with Crippen LogP contribution in [0.1, 0.15) is 0 Å². The van der Waals surface area contributed by atoms with Crippen molar-refractivity contribution in [3.05, 3.63) is 30.7 Å². The second-order valence-electron chi connectivity index (χ2n) is 1.99. The van der Waals surface area contributed by atoms with Gasteiger partial charge in [0.2, 0.25) is 0 Å². The first-order chi connectivity index (χ1) is 3.45. The molecule has 0 nitrogen and oxygen atoms in total. The number of rotatable bonds is 0. The van der Waals surface area contributed by atoms with Gasteiger partial charge in [0.25, 0.3) is 6.42 Å². The Kier molecular flexibility index (Phi) is 0.454. The quantitative estimate of drug-likeness (QED) is 0.312. The van der Waals surface area contributed by atoms with Crippen molar-refractivity contribution in [2.45, 2.75) is 0 Å². The van der Waals surface area contributed by atoms with Gasteiger partial charge in [0, 0.05) is 0 Å². The largest absolute Gasteiger partial charge is 0.296 e. The molecule has 2 aliphatic rings. The topological polar surface area (TPSA) is 0 Å². The van der Waals surface area contributed by atoms with E-state index in [9.17, 15) is 0 Å². The Hall–Kier alpha value is -0.650. The van der Waals surface area contributed by atoms with Crippen LogP contribution in [0.2, 0.25) is 0 Å². The van der Waals surface area contributed by atoms with Crippen molar-refractivity contribution in [2.75, 3.05) is 0 Å². The Bertz CT molecular complexity index is 103. The summed E-state index contributed by atoms with van der Waals surface area (Å²) in [6, 6.07) is 0. The molecule has 0 heteroatoms. The van der Waals surface area contributed by atoms with E-state index < -0.39 is 0 Å². The van der Waals surface area contributed by atoms with Gasteiger partial charge in [-0.3, -0.25) is 0 Å². The van der Waals surface area contributed by atoms with E-state index in [1.54, 1.807) is 0 Å². The molecule has 2 rings (SSSR count). The number of allylic oxidation sites excluding steroid dienone is 4. The van der Waals surface area contributed by atoms with Crippen molar-refractivity contribution >= 4 is 0 Å². The van der Waals surface area contributed by atoms with E-state index in [4.69, 9.17) is 0 Å². The molecule has 0 unspecified atom stereocenters. The Morgan fingerprint density at radius 2 is 1.29 bits per heavy atom. The zero-order valence-corrected chi connectivity index (χ0v) is 3.96. The average Bonchev–Trinajstić information content (AvgIpc) is 2.22. The molecule has 0 heterocycles. The third-order valence-corrected chi connectivity index (χ3v) is 1.44. The third kappa shape index (κ3) is 0.337. The summed E-state index contributed by atoms with van der Waals surface area (Å²) in [7, 11) is 0. The first-order valence-electron chi connectivity index (χ1n) is 2.58. The maximum absolute atomic E-state index is 3.31. The molecule has 0 fully saturated rings. The molecule has 0 aromatic carbocycles. The molecule has 0 N–H and O–H groups in total. The molecule has 7 heavy (non-hydrogen) atoms. The highest BCUT2D eigenvalue weighted by atomic mass is 14.2. The fourth-order valence-corrected chi connectivity index (χ4v) is 1.05. The molecule has 0 aromatic heterocycles. The summed E-state index contributed by atoms with van der Waals surface area (Å²) in [4.78, 5) is 0. The van der Waals surface area contributed by atoms with Crippen molar-refractivity contribution in [1.82, 2.24) is 0 Å². The molecule has 0 aromatic rings. The molecular formula is C7H6+. The summed E-state index contributed by atoms with van der Waals surface area (Å²) in [5.41, 5.74) is 0. The second-order valence-corrected chi connectivity index (χ2v) is 1.99. The van der Waals surface area contributed by atoms with Gasteiger partial charge in [-0.25, -0.2) is 0 Å². The monoisotopic (exact) mass is 90.0 g/mol. The lowest BCUT2D eigenvalue weighted by atomic mass is 10.2. The van der Waals surface area contributed by atoms with Gasteiger partial charge in [0.15, 0.2) is 11.8 Å². The number of fused-ring (bicyclic) bond motifs is 2. The molecule has 0 aliphatic heterocycles. The smallest absolute Gasteiger partial charge is 0.0274 e. The van der Waals surface area contributed by atoms with Gasteiger partial charge in [-0.05, 0) is 24.3 Å². The first-order valence-corrected chi connectivity index (χ1v) is 2.58. The van der Waals surface area contributed by atoms with E-state index in [0.717, 1.165) is 0 Å². The average molecular weight is 90.1 g/mol. The predicted octanol–water partition coefficient (Wildman–Crippen LogP) is 1.44. The maximum atomic E-state index is 3.31. The van der Waals surface area contributed by atoms with E-state index in [0.29, 0.717) is 11.8 Å². The molecule has 33 valence electrons.